The van der Waals surface area contributed by atoms with Crippen molar-refractivity contribution in [3.05, 3.63) is 71.8 Å². The molecular formula is C29H41NO4. The Morgan fingerprint density at radius 2 is 1.29 bits per heavy atom. The number of benzene rings is 2. The fraction of sp³-hybridized carbons (Fsp3) is 0.517. The Labute approximate surface area is 205 Å². The van der Waals surface area contributed by atoms with Crippen molar-refractivity contribution < 1.29 is 19.1 Å². The minimum absolute atomic E-state index is 0.115. The van der Waals surface area contributed by atoms with E-state index in [1.54, 1.807) is 0 Å². The molecule has 2 aromatic carbocycles. The molecule has 5 nitrogen and oxygen atoms in total. The summed E-state index contributed by atoms with van der Waals surface area (Å²) in [7, 11) is 0. The molecule has 2 aromatic rings. The van der Waals surface area contributed by atoms with Crippen LogP contribution in [-0.2, 0) is 27.3 Å². The van der Waals surface area contributed by atoms with Crippen molar-refractivity contribution >= 4 is 12.1 Å². The molecule has 0 aliphatic carbocycles. The van der Waals surface area contributed by atoms with Crippen LogP contribution in [0.1, 0.15) is 76.8 Å². The second-order valence-electron chi connectivity index (χ2n) is 9.72. The molecule has 1 amide bonds. The van der Waals surface area contributed by atoms with Crippen LogP contribution in [0.25, 0.3) is 0 Å². The van der Waals surface area contributed by atoms with Gasteiger partial charge in [0.15, 0.2) is 0 Å². The van der Waals surface area contributed by atoms with Crippen LogP contribution in [0.2, 0.25) is 0 Å². The van der Waals surface area contributed by atoms with Crippen molar-refractivity contribution in [2.75, 3.05) is 13.1 Å². The highest BCUT2D eigenvalue weighted by Gasteiger charge is 2.16. The molecule has 0 unspecified atom stereocenters. The molecule has 0 saturated carbocycles. The van der Waals surface area contributed by atoms with E-state index in [9.17, 15) is 9.59 Å². The molecule has 5 heteroatoms. The summed E-state index contributed by atoms with van der Waals surface area (Å²) in [6, 6.07) is 20.0. The molecule has 2 rings (SSSR count). The lowest BCUT2D eigenvalue weighted by Gasteiger charge is -2.22. The number of hydrogen-bond donors (Lipinski definition) is 0. The van der Waals surface area contributed by atoms with E-state index in [1.165, 1.54) is 5.56 Å². The maximum Gasteiger partial charge on any atom is 0.410 e. The topological polar surface area (TPSA) is 55.8 Å². The Bertz CT molecular complexity index is 830. The van der Waals surface area contributed by atoms with E-state index in [4.69, 9.17) is 9.47 Å². The van der Waals surface area contributed by atoms with E-state index in [2.05, 4.69) is 12.1 Å². The third-order valence-corrected chi connectivity index (χ3v) is 5.46. The first-order chi connectivity index (χ1) is 16.3. The Morgan fingerprint density at radius 1 is 0.735 bits per heavy atom. The number of esters is 1. The standard InChI is InChI=1S/C29H41NO4/c1-29(2,3)34-27(31)20-14-6-4-5-7-15-22-30(23-21-25-16-10-8-11-17-25)28(32)33-24-26-18-12-9-13-19-26/h8-13,16-19H,4-7,14-15,20-24H2,1-3H3. The van der Waals surface area contributed by atoms with Gasteiger partial charge in [0.05, 0.1) is 0 Å². The molecule has 0 spiro atoms. The van der Waals surface area contributed by atoms with Crippen LogP contribution in [0, 0.1) is 0 Å². The minimum Gasteiger partial charge on any atom is -0.460 e. The molecule has 0 aliphatic heterocycles. The zero-order valence-corrected chi connectivity index (χ0v) is 21.1. The quantitative estimate of drug-likeness (QED) is 0.223. The molecule has 0 saturated heterocycles. The number of carbonyl (C=O) groups is 2. The second-order valence-corrected chi connectivity index (χ2v) is 9.72. The Kier molecular flexibility index (Phi) is 12.2. The van der Waals surface area contributed by atoms with E-state index >= 15 is 0 Å². The molecule has 0 radical (unpaired) electrons. The van der Waals surface area contributed by atoms with Crippen LogP contribution in [-0.4, -0.2) is 35.7 Å². The average Bonchev–Trinajstić information content (AvgIpc) is 2.81. The lowest BCUT2D eigenvalue weighted by Crippen LogP contribution is -2.34. The van der Waals surface area contributed by atoms with Crippen molar-refractivity contribution in [1.82, 2.24) is 4.90 Å². The molecule has 0 aromatic heterocycles. The molecule has 0 bridgehead atoms. The number of ether oxygens (including phenoxy) is 2. The monoisotopic (exact) mass is 467 g/mol. The van der Waals surface area contributed by atoms with Crippen molar-refractivity contribution in [2.45, 2.75) is 84.3 Å². The SMILES string of the molecule is CC(C)(C)OC(=O)CCCCCCCCN(CCc1ccccc1)C(=O)OCc1ccccc1. The number of rotatable bonds is 14. The van der Waals surface area contributed by atoms with Gasteiger partial charge < -0.3 is 14.4 Å². The lowest BCUT2D eigenvalue weighted by atomic mass is 10.1. The van der Waals surface area contributed by atoms with Crippen LogP contribution < -0.4 is 0 Å². The first-order valence-corrected chi connectivity index (χ1v) is 12.5. The van der Waals surface area contributed by atoms with Gasteiger partial charge in [0.2, 0.25) is 0 Å². The highest BCUT2D eigenvalue weighted by molar-refractivity contribution is 5.69. The summed E-state index contributed by atoms with van der Waals surface area (Å²) >= 11 is 0. The van der Waals surface area contributed by atoms with Gasteiger partial charge in [0.25, 0.3) is 0 Å². The van der Waals surface area contributed by atoms with Crippen molar-refractivity contribution in [3.63, 3.8) is 0 Å². The predicted molar refractivity (Wildman–Crippen MR) is 137 cm³/mol. The summed E-state index contributed by atoms with van der Waals surface area (Å²) in [5.41, 5.74) is 1.80. The number of hydrogen-bond acceptors (Lipinski definition) is 4. The molecule has 0 atom stereocenters. The first-order valence-electron chi connectivity index (χ1n) is 12.5. The maximum absolute atomic E-state index is 12.8. The van der Waals surface area contributed by atoms with E-state index in [-0.39, 0.29) is 12.1 Å². The van der Waals surface area contributed by atoms with E-state index in [0.29, 0.717) is 26.1 Å². The Morgan fingerprint density at radius 3 is 1.91 bits per heavy atom. The zero-order chi connectivity index (χ0) is 24.7. The summed E-state index contributed by atoms with van der Waals surface area (Å²) in [6.07, 6.45) is 7.12. The Balaban J connectivity index is 1.69. The minimum atomic E-state index is -0.411. The van der Waals surface area contributed by atoms with Crippen molar-refractivity contribution in [1.29, 1.82) is 0 Å². The van der Waals surface area contributed by atoms with Crippen LogP contribution in [0.4, 0.5) is 4.79 Å². The molecular weight excluding hydrogens is 426 g/mol. The highest BCUT2D eigenvalue weighted by atomic mass is 16.6. The molecule has 0 aliphatic rings. The molecule has 0 heterocycles. The number of unbranched alkanes of at least 4 members (excludes halogenated alkanes) is 5. The largest absolute Gasteiger partial charge is 0.460 e. The van der Waals surface area contributed by atoms with Gasteiger partial charge in [0.1, 0.15) is 12.2 Å². The van der Waals surface area contributed by atoms with Gasteiger partial charge in [0, 0.05) is 19.5 Å². The van der Waals surface area contributed by atoms with Crippen LogP contribution >= 0.6 is 0 Å². The normalized spacial score (nSPS) is 11.1. The number of amides is 1. The van der Waals surface area contributed by atoms with E-state index in [0.717, 1.165) is 50.5 Å². The summed E-state index contributed by atoms with van der Waals surface area (Å²) in [5, 5.41) is 0. The molecule has 34 heavy (non-hydrogen) atoms. The molecule has 186 valence electrons. The fourth-order valence-corrected chi connectivity index (χ4v) is 3.69. The van der Waals surface area contributed by atoms with Gasteiger partial charge in [-0.25, -0.2) is 4.79 Å². The maximum atomic E-state index is 12.8. The van der Waals surface area contributed by atoms with Gasteiger partial charge in [-0.3, -0.25) is 4.79 Å². The van der Waals surface area contributed by atoms with Gasteiger partial charge in [-0.15, -0.1) is 0 Å². The van der Waals surface area contributed by atoms with Crippen LogP contribution in [0.15, 0.2) is 60.7 Å². The van der Waals surface area contributed by atoms with Crippen molar-refractivity contribution in [2.24, 2.45) is 0 Å². The third kappa shape index (κ3) is 12.4. The zero-order valence-electron chi connectivity index (χ0n) is 21.1. The number of nitrogens with zero attached hydrogens (tertiary/aromatic N) is 1. The molecule has 0 fully saturated rings. The van der Waals surface area contributed by atoms with E-state index in [1.807, 2.05) is 74.2 Å². The molecule has 0 N–H and O–H groups in total. The highest BCUT2D eigenvalue weighted by Crippen LogP contribution is 2.13. The van der Waals surface area contributed by atoms with Gasteiger partial charge >= 0.3 is 12.1 Å². The number of carbonyl (C=O) groups excluding carboxylic acids is 2. The lowest BCUT2D eigenvalue weighted by molar-refractivity contribution is -0.154. The fourth-order valence-electron chi connectivity index (χ4n) is 3.69. The van der Waals surface area contributed by atoms with Gasteiger partial charge in [-0.2, -0.15) is 0 Å². The Hall–Kier alpha value is -2.82. The van der Waals surface area contributed by atoms with Crippen LogP contribution in [0.3, 0.4) is 0 Å². The summed E-state index contributed by atoms with van der Waals surface area (Å²) in [4.78, 5) is 26.4. The summed E-state index contributed by atoms with van der Waals surface area (Å²) in [5.74, 6) is -0.115. The smallest absolute Gasteiger partial charge is 0.410 e. The van der Waals surface area contributed by atoms with E-state index < -0.39 is 5.60 Å². The summed E-state index contributed by atoms with van der Waals surface area (Å²) < 4.78 is 10.9. The average molecular weight is 468 g/mol. The third-order valence-electron chi connectivity index (χ3n) is 5.46. The first kappa shape index (κ1) is 27.4. The predicted octanol–water partition coefficient (Wildman–Crippen LogP) is 6.94. The summed E-state index contributed by atoms with van der Waals surface area (Å²) in [6.45, 7) is 7.31. The van der Waals surface area contributed by atoms with Crippen LogP contribution in [0.5, 0.6) is 0 Å². The van der Waals surface area contributed by atoms with Crippen molar-refractivity contribution in [3.8, 4) is 0 Å². The second kappa shape index (κ2) is 15.2. The van der Waals surface area contributed by atoms with Gasteiger partial charge in [-0.05, 0) is 51.2 Å². The van der Waals surface area contributed by atoms with Gasteiger partial charge in [-0.1, -0.05) is 86.3 Å².